The molecule has 0 spiro atoms. The molecule has 0 aliphatic carbocycles. The maximum absolute atomic E-state index is 9.26. The molecule has 0 heterocycles. The molecule has 0 radical (unpaired) electrons. The first kappa shape index (κ1) is 18.8. The fourth-order valence-corrected chi connectivity index (χ4v) is 1.41. The second-order valence-corrected chi connectivity index (χ2v) is 5.84. The number of hydrogen-bond donors (Lipinski definition) is 1. The molecule has 4 heteroatoms. The van der Waals surface area contributed by atoms with Gasteiger partial charge in [-0.2, -0.15) is 0 Å². The van der Waals surface area contributed by atoms with Crippen LogP contribution in [0, 0.1) is 5.92 Å². The molecule has 0 aromatic heterocycles. The summed E-state index contributed by atoms with van der Waals surface area (Å²) in [6.45, 7) is 11.7. The van der Waals surface area contributed by atoms with Crippen LogP contribution < -0.4 is 0 Å². The fourth-order valence-electron chi connectivity index (χ4n) is 1.41. The van der Waals surface area contributed by atoms with Crippen molar-refractivity contribution in [1.82, 2.24) is 0 Å². The van der Waals surface area contributed by atoms with Gasteiger partial charge in [0.05, 0.1) is 25.4 Å². The minimum absolute atomic E-state index is 0.145. The quantitative estimate of drug-likeness (QED) is 0.557. The van der Waals surface area contributed by atoms with Gasteiger partial charge in [0.15, 0.2) is 0 Å². The van der Waals surface area contributed by atoms with Crippen LogP contribution in [0.1, 0.15) is 47.0 Å². The summed E-state index contributed by atoms with van der Waals surface area (Å²) in [5.74, 6) is 0.153. The Balaban J connectivity index is 3.41. The summed E-state index contributed by atoms with van der Waals surface area (Å²) in [4.78, 5) is 0. The summed E-state index contributed by atoms with van der Waals surface area (Å²) >= 11 is 0. The van der Waals surface area contributed by atoms with Gasteiger partial charge in [-0.15, -0.1) is 0 Å². The largest absolute Gasteiger partial charge is 0.396 e. The van der Waals surface area contributed by atoms with Crippen molar-refractivity contribution in [3.05, 3.63) is 0 Å². The van der Waals surface area contributed by atoms with Gasteiger partial charge in [-0.05, 0) is 33.6 Å². The van der Waals surface area contributed by atoms with Gasteiger partial charge in [0.2, 0.25) is 0 Å². The lowest BCUT2D eigenvalue weighted by molar-refractivity contribution is -0.0389. The summed E-state index contributed by atoms with van der Waals surface area (Å²) in [5.41, 5.74) is -0.151. The molecule has 19 heavy (non-hydrogen) atoms. The smallest absolute Gasteiger partial charge is 0.0700 e. The molecule has 0 saturated heterocycles. The zero-order valence-corrected chi connectivity index (χ0v) is 13.1. The predicted molar refractivity (Wildman–Crippen MR) is 77.4 cm³/mol. The fraction of sp³-hybridized carbons (Fsp3) is 1.00. The van der Waals surface area contributed by atoms with E-state index in [4.69, 9.17) is 14.2 Å². The van der Waals surface area contributed by atoms with Gasteiger partial charge in [-0.1, -0.05) is 13.3 Å². The Hall–Kier alpha value is -0.160. The topological polar surface area (TPSA) is 47.9 Å². The van der Waals surface area contributed by atoms with Crippen LogP contribution >= 0.6 is 0 Å². The van der Waals surface area contributed by atoms with Gasteiger partial charge in [0.1, 0.15) is 0 Å². The van der Waals surface area contributed by atoms with Crippen LogP contribution in [0.5, 0.6) is 0 Å². The number of rotatable bonds is 12. The van der Waals surface area contributed by atoms with Crippen molar-refractivity contribution in [3.8, 4) is 0 Å². The Morgan fingerprint density at radius 2 is 1.63 bits per heavy atom. The first-order chi connectivity index (χ1) is 8.99. The highest BCUT2D eigenvalue weighted by molar-refractivity contribution is 4.63. The van der Waals surface area contributed by atoms with E-state index in [1.807, 2.05) is 20.8 Å². The third-order valence-corrected chi connectivity index (χ3v) is 2.69. The maximum Gasteiger partial charge on any atom is 0.0700 e. The van der Waals surface area contributed by atoms with E-state index in [1.165, 1.54) is 0 Å². The minimum atomic E-state index is -0.151. The lowest BCUT2D eigenvalue weighted by Crippen LogP contribution is -2.26. The van der Waals surface area contributed by atoms with Crippen molar-refractivity contribution < 1.29 is 19.3 Å². The molecule has 1 atom stereocenters. The lowest BCUT2D eigenvalue weighted by atomic mass is 10.1. The molecule has 1 unspecified atom stereocenters. The molecule has 0 aliphatic rings. The van der Waals surface area contributed by atoms with E-state index in [1.54, 1.807) is 0 Å². The minimum Gasteiger partial charge on any atom is -0.396 e. The monoisotopic (exact) mass is 276 g/mol. The standard InChI is InChI=1S/C15H32O4/c1-5-6-8-17-10-11-18-9-7-14(12-16)13-19-15(2,3)4/h14,16H,5-13H2,1-4H3. The van der Waals surface area contributed by atoms with E-state index in [9.17, 15) is 5.11 Å². The zero-order valence-electron chi connectivity index (χ0n) is 13.1. The van der Waals surface area contributed by atoms with Crippen molar-refractivity contribution in [2.45, 2.75) is 52.6 Å². The van der Waals surface area contributed by atoms with Crippen molar-refractivity contribution in [2.75, 3.05) is 39.6 Å². The molecule has 4 nitrogen and oxygen atoms in total. The van der Waals surface area contributed by atoms with Gasteiger partial charge in [0, 0.05) is 25.7 Å². The van der Waals surface area contributed by atoms with Crippen molar-refractivity contribution in [2.24, 2.45) is 5.92 Å². The summed E-state index contributed by atoms with van der Waals surface area (Å²) in [7, 11) is 0. The van der Waals surface area contributed by atoms with Crippen LogP contribution in [-0.4, -0.2) is 50.3 Å². The first-order valence-electron chi connectivity index (χ1n) is 7.40. The van der Waals surface area contributed by atoms with Crippen molar-refractivity contribution in [1.29, 1.82) is 0 Å². The van der Waals surface area contributed by atoms with Crippen molar-refractivity contribution in [3.63, 3.8) is 0 Å². The molecule has 0 rings (SSSR count). The number of unbranched alkanes of at least 4 members (excludes halogenated alkanes) is 1. The molecule has 0 aliphatic heterocycles. The van der Waals surface area contributed by atoms with Crippen LogP contribution in [-0.2, 0) is 14.2 Å². The van der Waals surface area contributed by atoms with Crippen LogP contribution in [0.15, 0.2) is 0 Å². The molecule has 0 saturated carbocycles. The normalized spacial score (nSPS) is 13.7. The molecule has 0 aromatic rings. The van der Waals surface area contributed by atoms with E-state index < -0.39 is 0 Å². The Morgan fingerprint density at radius 1 is 1.00 bits per heavy atom. The number of hydrogen-bond acceptors (Lipinski definition) is 4. The summed E-state index contributed by atoms with van der Waals surface area (Å²) in [6.07, 6.45) is 3.09. The average molecular weight is 276 g/mol. The third-order valence-electron chi connectivity index (χ3n) is 2.69. The highest BCUT2D eigenvalue weighted by atomic mass is 16.5. The SMILES string of the molecule is CCCCOCCOCCC(CO)COC(C)(C)C. The van der Waals surface area contributed by atoms with Gasteiger partial charge in [-0.25, -0.2) is 0 Å². The Bertz CT molecular complexity index is 189. The average Bonchev–Trinajstić information content (AvgIpc) is 2.35. The molecular weight excluding hydrogens is 244 g/mol. The second kappa shape index (κ2) is 11.6. The second-order valence-electron chi connectivity index (χ2n) is 5.84. The van der Waals surface area contributed by atoms with E-state index in [2.05, 4.69) is 6.92 Å². The van der Waals surface area contributed by atoms with Gasteiger partial charge < -0.3 is 19.3 Å². The predicted octanol–water partition coefficient (Wildman–Crippen LogP) is 2.63. The number of aliphatic hydroxyl groups excluding tert-OH is 1. The Labute approximate surface area is 118 Å². The van der Waals surface area contributed by atoms with Gasteiger partial charge in [-0.3, -0.25) is 0 Å². The molecule has 0 bridgehead atoms. The van der Waals surface area contributed by atoms with E-state index >= 15 is 0 Å². The maximum atomic E-state index is 9.26. The van der Waals surface area contributed by atoms with Crippen LogP contribution in [0.3, 0.4) is 0 Å². The van der Waals surface area contributed by atoms with Crippen LogP contribution in [0.2, 0.25) is 0 Å². The van der Waals surface area contributed by atoms with Crippen molar-refractivity contribution >= 4 is 0 Å². The highest BCUT2D eigenvalue weighted by Crippen LogP contribution is 2.11. The van der Waals surface area contributed by atoms with E-state index in [0.717, 1.165) is 25.9 Å². The highest BCUT2D eigenvalue weighted by Gasteiger charge is 2.14. The van der Waals surface area contributed by atoms with Gasteiger partial charge >= 0.3 is 0 Å². The molecule has 0 amide bonds. The number of ether oxygens (including phenoxy) is 3. The molecule has 0 fully saturated rings. The summed E-state index contributed by atoms with van der Waals surface area (Å²) < 4.78 is 16.6. The van der Waals surface area contributed by atoms with E-state index in [0.29, 0.717) is 26.4 Å². The van der Waals surface area contributed by atoms with Gasteiger partial charge in [0.25, 0.3) is 0 Å². The third kappa shape index (κ3) is 14.1. The molecule has 1 N–H and O–H groups in total. The van der Waals surface area contributed by atoms with Crippen LogP contribution in [0.4, 0.5) is 0 Å². The molecule has 0 aromatic carbocycles. The summed E-state index contributed by atoms with van der Waals surface area (Å²) in [5, 5.41) is 9.26. The molecule has 116 valence electrons. The first-order valence-corrected chi connectivity index (χ1v) is 7.40. The number of aliphatic hydroxyl groups is 1. The Kier molecular flexibility index (Phi) is 11.6. The Morgan fingerprint density at radius 3 is 2.16 bits per heavy atom. The zero-order chi connectivity index (χ0) is 14.6. The molecular formula is C15H32O4. The van der Waals surface area contributed by atoms with E-state index in [-0.39, 0.29) is 18.1 Å². The summed E-state index contributed by atoms with van der Waals surface area (Å²) in [6, 6.07) is 0. The van der Waals surface area contributed by atoms with Crippen LogP contribution in [0.25, 0.3) is 0 Å². The lowest BCUT2D eigenvalue weighted by Gasteiger charge is -2.23.